The SMILES string of the molecule is CN(C)C(=O)c1cccc(Nc2c(Br)c(=O)n(C)[nH]c2=O)c1O. The Labute approximate surface area is 139 Å². The highest BCUT2D eigenvalue weighted by Crippen LogP contribution is 2.31. The second-order valence-corrected chi connectivity index (χ2v) is 5.81. The fourth-order valence-corrected chi connectivity index (χ4v) is 2.46. The number of hydrogen-bond acceptors (Lipinski definition) is 5. The van der Waals surface area contributed by atoms with Crippen molar-refractivity contribution in [2.45, 2.75) is 0 Å². The maximum Gasteiger partial charge on any atom is 0.287 e. The smallest absolute Gasteiger partial charge is 0.287 e. The summed E-state index contributed by atoms with van der Waals surface area (Å²) in [7, 11) is 4.53. The standard InChI is InChI=1S/C14H15BrN4O4/c1-18(2)13(22)7-5-4-6-8(11(7)20)16-10-9(15)14(23)19(3)17-12(10)21/h4-6,16,20H,1-3H3,(H,17,21). The molecule has 1 amide bonds. The van der Waals surface area contributed by atoms with E-state index in [0.717, 1.165) is 4.68 Å². The Kier molecular flexibility index (Phi) is 4.60. The van der Waals surface area contributed by atoms with Gasteiger partial charge in [0, 0.05) is 21.1 Å². The Hall–Kier alpha value is -2.55. The third-order valence-electron chi connectivity index (χ3n) is 3.14. The quantitative estimate of drug-likeness (QED) is 0.686. The zero-order chi connectivity index (χ0) is 17.3. The number of amides is 1. The molecule has 0 atom stereocenters. The Morgan fingerprint density at radius 1 is 1.35 bits per heavy atom. The van der Waals surface area contributed by atoms with Crippen LogP contribution in [-0.4, -0.2) is 39.8 Å². The highest BCUT2D eigenvalue weighted by Gasteiger charge is 2.18. The van der Waals surface area contributed by atoms with Gasteiger partial charge in [0.15, 0.2) is 5.75 Å². The highest BCUT2D eigenvalue weighted by atomic mass is 79.9. The first-order valence-electron chi connectivity index (χ1n) is 6.53. The first-order valence-corrected chi connectivity index (χ1v) is 7.32. The summed E-state index contributed by atoms with van der Waals surface area (Å²) in [5.74, 6) is -0.693. The fraction of sp³-hybridized carbons (Fsp3) is 0.214. The number of anilines is 2. The van der Waals surface area contributed by atoms with E-state index >= 15 is 0 Å². The minimum Gasteiger partial charge on any atom is -0.505 e. The van der Waals surface area contributed by atoms with Gasteiger partial charge in [-0.1, -0.05) is 6.07 Å². The monoisotopic (exact) mass is 382 g/mol. The molecule has 0 bridgehead atoms. The van der Waals surface area contributed by atoms with Crippen molar-refractivity contribution < 1.29 is 9.90 Å². The van der Waals surface area contributed by atoms with Crippen LogP contribution in [-0.2, 0) is 7.05 Å². The number of carbonyl (C=O) groups is 1. The second-order valence-electron chi connectivity index (χ2n) is 5.02. The van der Waals surface area contributed by atoms with Gasteiger partial charge in [0.05, 0.1) is 11.3 Å². The zero-order valence-electron chi connectivity index (χ0n) is 12.7. The van der Waals surface area contributed by atoms with E-state index in [1.807, 2.05) is 0 Å². The molecule has 122 valence electrons. The number of aromatic hydroxyl groups is 1. The number of carbonyl (C=O) groups excluding carboxylic acids is 1. The number of nitrogens with zero attached hydrogens (tertiary/aromatic N) is 2. The van der Waals surface area contributed by atoms with E-state index in [1.54, 1.807) is 20.2 Å². The summed E-state index contributed by atoms with van der Waals surface area (Å²) in [5, 5.41) is 15.3. The second kappa shape index (κ2) is 6.29. The van der Waals surface area contributed by atoms with Gasteiger partial charge >= 0.3 is 0 Å². The van der Waals surface area contributed by atoms with Crippen molar-refractivity contribution in [1.29, 1.82) is 0 Å². The molecule has 0 fully saturated rings. The van der Waals surface area contributed by atoms with E-state index in [-0.39, 0.29) is 33.1 Å². The summed E-state index contributed by atoms with van der Waals surface area (Å²) >= 11 is 3.06. The summed E-state index contributed by atoms with van der Waals surface area (Å²) in [5.41, 5.74) is -0.846. The number of halogens is 1. The molecule has 9 heteroatoms. The third-order valence-corrected chi connectivity index (χ3v) is 3.88. The lowest BCUT2D eigenvalue weighted by atomic mass is 10.1. The van der Waals surface area contributed by atoms with Gasteiger partial charge in [-0.3, -0.25) is 24.2 Å². The average molecular weight is 383 g/mol. The van der Waals surface area contributed by atoms with Crippen molar-refractivity contribution in [3.8, 4) is 5.75 Å². The Balaban J connectivity index is 2.53. The minimum absolute atomic E-state index is 0.0208. The van der Waals surface area contributed by atoms with Crippen LogP contribution < -0.4 is 16.4 Å². The first-order chi connectivity index (χ1) is 10.7. The summed E-state index contributed by atoms with van der Waals surface area (Å²) in [4.78, 5) is 37.2. The van der Waals surface area contributed by atoms with Crippen LogP contribution in [0.2, 0.25) is 0 Å². The van der Waals surface area contributed by atoms with Crippen molar-refractivity contribution in [1.82, 2.24) is 14.7 Å². The number of aromatic nitrogens is 2. The van der Waals surface area contributed by atoms with Crippen LogP contribution in [0.5, 0.6) is 5.75 Å². The predicted molar refractivity (Wildman–Crippen MR) is 89.4 cm³/mol. The number of benzene rings is 1. The van der Waals surface area contributed by atoms with Gasteiger partial charge in [0.2, 0.25) is 0 Å². The molecule has 1 aromatic heterocycles. The number of rotatable bonds is 3. The van der Waals surface area contributed by atoms with Crippen LogP contribution in [0.15, 0.2) is 32.3 Å². The molecular weight excluding hydrogens is 368 g/mol. The molecule has 0 spiro atoms. The van der Waals surface area contributed by atoms with Crippen molar-refractivity contribution in [3.05, 3.63) is 48.9 Å². The van der Waals surface area contributed by atoms with Crippen LogP contribution >= 0.6 is 15.9 Å². The van der Waals surface area contributed by atoms with E-state index in [1.165, 1.54) is 24.1 Å². The molecule has 0 aliphatic rings. The molecule has 0 saturated carbocycles. The molecule has 1 aromatic carbocycles. The summed E-state index contributed by atoms with van der Waals surface area (Å²) < 4.78 is 1.05. The van der Waals surface area contributed by atoms with Crippen LogP contribution in [0, 0.1) is 0 Å². The number of phenolic OH excluding ortho intramolecular Hbond substituents is 1. The number of para-hydroxylation sites is 1. The van der Waals surface area contributed by atoms with Gasteiger partial charge in [-0.05, 0) is 28.1 Å². The van der Waals surface area contributed by atoms with Crippen molar-refractivity contribution in [2.75, 3.05) is 19.4 Å². The maximum absolute atomic E-state index is 12.0. The average Bonchev–Trinajstić information content (AvgIpc) is 2.50. The maximum atomic E-state index is 12.0. The van der Waals surface area contributed by atoms with E-state index in [0.29, 0.717) is 0 Å². The Bertz CT molecular complexity index is 885. The fourth-order valence-electron chi connectivity index (χ4n) is 1.92. The van der Waals surface area contributed by atoms with E-state index in [4.69, 9.17) is 0 Å². The largest absolute Gasteiger partial charge is 0.505 e. The Morgan fingerprint density at radius 3 is 2.61 bits per heavy atom. The number of hydrogen-bond donors (Lipinski definition) is 3. The molecule has 0 saturated heterocycles. The van der Waals surface area contributed by atoms with Crippen molar-refractivity contribution in [2.24, 2.45) is 7.05 Å². The van der Waals surface area contributed by atoms with E-state index < -0.39 is 11.1 Å². The van der Waals surface area contributed by atoms with Gasteiger partial charge < -0.3 is 15.3 Å². The number of aromatic amines is 1. The molecule has 2 rings (SSSR count). The first kappa shape index (κ1) is 16.8. The normalized spacial score (nSPS) is 10.4. The summed E-state index contributed by atoms with van der Waals surface area (Å²) in [6.45, 7) is 0. The predicted octanol–water partition coefficient (Wildman–Crippen LogP) is 0.987. The molecule has 3 N–H and O–H groups in total. The van der Waals surface area contributed by atoms with E-state index in [9.17, 15) is 19.5 Å². The molecule has 0 radical (unpaired) electrons. The van der Waals surface area contributed by atoms with Gasteiger partial charge in [-0.2, -0.15) is 0 Å². The summed E-state index contributed by atoms with van der Waals surface area (Å²) in [6, 6.07) is 4.51. The van der Waals surface area contributed by atoms with Gasteiger partial charge in [-0.25, -0.2) is 0 Å². The molecule has 0 aliphatic heterocycles. The zero-order valence-corrected chi connectivity index (χ0v) is 14.3. The lowest BCUT2D eigenvalue weighted by Crippen LogP contribution is -2.29. The van der Waals surface area contributed by atoms with Crippen molar-refractivity contribution in [3.63, 3.8) is 0 Å². The minimum atomic E-state index is -0.553. The Morgan fingerprint density at radius 2 is 2.00 bits per heavy atom. The molecular formula is C14H15BrN4O4. The third kappa shape index (κ3) is 3.14. The lowest BCUT2D eigenvalue weighted by molar-refractivity contribution is 0.0825. The van der Waals surface area contributed by atoms with E-state index in [2.05, 4.69) is 26.3 Å². The molecule has 1 heterocycles. The number of nitrogens with one attached hydrogen (secondary N) is 2. The summed E-state index contributed by atoms with van der Waals surface area (Å²) in [6.07, 6.45) is 0. The van der Waals surface area contributed by atoms with Crippen LogP contribution in [0.3, 0.4) is 0 Å². The molecule has 0 aliphatic carbocycles. The van der Waals surface area contributed by atoms with Gasteiger partial charge in [-0.15, -0.1) is 0 Å². The van der Waals surface area contributed by atoms with Crippen molar-refractivity contribution >= 4 is 33.2 Å². The molecule has 8 nitrogen and oxygen atoms in total. The molecule has 23 heavy (non-hydrogen) atoms. The lowest BCUT2D eigenvalue weighted by Gasteiger charge is -2.15. The number of H-pyrrole nitrogens is 1. The van der Waals surface area contributed by atoms with Crippen LogP contribution in [0.25, 0.3) is 0 Å². The number of phenols is 1. The van der Waals surface area contributed by atoms with Crippen LogP contribution in [0.1, 0.15) is 10.4 Å². The topological polar surface area (TPSA) is 107 Å². The number of aryl methyl sites for hydroxylation is 1. The van der Waals surface area contributed by atoms with Gasteiger partial charge in [0.25, 0.3) is 17.0 Å². The van der Waals surface area contributed by atoms with Crippen LogP contribution in [0.4, 0.5) is 11.4 Å². The molecule has 2 aromatic rings. The molecule has 0 unspecified atom stereocenters. The van der Waals surface area contributed by atoms with Gasteiger partial charge in [0.1, 0.15) is 10.2 Å². The highest BCUT2D eigenvalue weighted by molar-refractivity contribution is 9.10.